The van der Waals surface area contributed by atoms with Crippen LogP contribution in [0.5, 0.6) is 0 Å². The van der Waals surface area contributed by atoms with Crippen molar-refractivity contribution in [3.8, 4) is 0 Å². The molecule has 0 spiro atoms. The summed E-state index contributed by atoms with van der Waals surface area (Å²) < 4.78 is 1.59. The van der Waals surface area contributed by atoms with E-state index < -0.39 is 5.97 Å². The lowest BCUT2D eigenvalue weighted by molar-refractivity contribution is -0.136. The van der Waals surface area contributed by atoms with Gasteiger partial charge in [0.15, 0.2) is 0 Å². The van der Waals surface area contributed by atoms with Crippen LogP contribution in [0.4, 0.5) is 0 Å². The van der Waals surface area contributed by atoms with Gasteiger partial charge in [-0.25, -0.2) is 4.52 Å². The second kappa shape index (κ2) is 4.87. The van der Waals surface area contributed by atoms with Gasteiger partial charge in [0.2, 0.25) is 0 Å². The largest absolute Gasteiger partial charge is 0.481 e. The molecule has 18 heavy (non-hydrogen) atoms. The molecule has 0 bridgehead atoms. The van der Waals surface area contributed by atoms with Crippen molar-refractivity contribution in [2.24, 2.45) is 0 Å². The van der Waals surface area contributed by atoms with Crippen LogP contribution in [0.3, 0.4) is 0 Å². The van der Waals surface area contributed by atoms with Gasteiger partial charge in [-0.15, -0.1) is 0 Å². The van der Waals surface area contributed by atoms with E-state index in [1.807, 2.05) is 0 Å². The number of rotatable bonds is 4. The maximum Gasteiger partial charge on any atom is 0.303 e. The van der Waals surface area contributed by atoms with Crippen molar-refractivity contribution in [1.29, 1.82) is 0 Å². The molecule has 6 heteroatoms. The summed E-state index contributed by atoms with van der Waals surface area (Å²) >= 11 is 0. The van der Waals surface area contributed by atoms with Crippen LogP contribution in [0.2, 0.25) is 0 Å². The third kappa shape index (κ3) is 2.32. The highest BCUT2D eigenvalue weighted by molar-refractivity contribution is 6.00. The van der Waals surface area contributed by atoms with Crippen molar-refractivity contribution in [3.05, 3.63) is 35.7 Å². The van der Waals surface area contributed by atoms with Gasteiger partial charge >= 0.3 is 5.97 Å². The monoisotopic (exact) mass is 247 g/mol. The summed E-state index contributed by atoms with van der Waals surface area (Å²) in [7, 11) is 1.56. The Hall–Kier alpha value is -2.37. The molecule has 0 saturated carbocycles. The quantitative estimate of drug-likeness (QED) is 0.833. The fraction of sp³-hybridized carbons (Fsp3) is 0.250. The van der Waals surface area contributed by atoms with Crippen molar-refractivity contribution >= 4 is 17.4 Å². The number of carbonyl (C=O) groups excluding carboxylic acids is 1. The van der Waals surface area contributed by atoms with Crippen LogP contribution in [0.25, 0.3) is 5.52 Å². The summed E-state index contributed by atoms with van der Waals surface area (Å²) in [6, 6.07) is 5.18. The normalized spacial score (nSPS) is 10.5. The van der Waals surface area contributed by atoms with Crippen molar-refractivity contribution in [2.45, 2.75) is 12.8 Å². The molecule has 0 aliphatic rings. The van der Waals surface area contributed by atoms with E-state index in [4.69, 9.17) is 5.11 Å². The lowest BCUT2D eigenvalue weighted by Gasteiger charge is -2.00. The van der Waals surface area contributed by atoms with Gasteiger partial charge < -0.3 is 10.4 Å². The summed E-state index contributed by atoms with van der Waals surface area (Å²) in [5, 5.41) is 15.4. The smallest absolute Gasteiger partial charge is 0.303 e. The summed E-state index contributed by atoms with van der Waals surface area (Å²) in [4.78, 5) is 22.2. The van der Waals surface area contributed by atoms with Crippen molar-refractivity contribution in [1.82, 2.24) is 14.9 Å². The van der Waals surface area contributed by atoms with Gasteiger partial charge in [-0.3, -0.25) is 9.59 Å². The number of pyridine rings is 1. The van der Waals surface area contributed by atoms with Gasteiger partial charge in [0.05, 0.1) is 23.2 Å². The first-order valence-corrected chi connectivity index (χ1v) is 5.53. The number of carboxylic acid groups (broad SMARTS) is 1. The highest BCUT2D eigenvalue weighted by Gasteiger charge is 2.11. The number of nitrogens with zero attached hydrogens (tertiary/aromatic N) is 2. The Balaban J connectivity index is 2.38. The Morgan fingerprint density at radius 2 is 2.28 bits per heavy atom. The van der Waals surface area contributed by atoms with E-state index in [1.54, 1.807) is 36.0 Å². The van der Waals surface area contributed by atoms with Gasteiger partial charge in [-0.2, -0.15) is 5.10 Å². The maximum atomic E-state index is 11.7. The number of aliphatic carboxylic acids is 1. The molecule has 2 aromatic rings. The molecule has 6 nitrogen and oxygen atoms in total. The number of aryl methyl sites for hydroxylation is 1. The first kappa shape index (κ1) is 12.1. The zero-order valence-corrected chi connectivity index (χ0v) is 9.88. The topological polar surface area (TPSA) is 83.7 Å². The van der Waals surface area contributed by atoms with Crippen LogP contribution in [0.15, 0.2) is 24.4 Å². The fourth-order valence-corrected chi connectivity index (χ4v) is 1.75. The number of carbonyl (C=O) groups is 2. The molecular formula is C12H13N3O3. The molecule has 2 heterocycles. The van der Waals surface area contributed by atoms with E-state index in [1.165, 1.54) is 0 Å². The number of hydrogen-bond acceptors (Lipinski definition) is 3. The van der Waals surface area contributed by atoms with Gasteiger partial charge in [-0.1, -0.05) is 0 Å². The summed E-state index contributed by atoms with van der Waals surface area (Å²) in [6.45, 7) is 0. The van der Waals surface area contributed by atoms with Crippen LogP contribution < -0.4 is 5.32 Å². The third-order valence-corrected chi connectivity index (χ3v) is 2.62. The SMILES string of the molecule is CNC(=O)c1cccn2nc(CCC(=O)O)cc12. The first-order valence-electron chi connectivity index (χ1n) is 5.53. The van der Waals surface area contributed by atoms with E-state index >= 15 is 0 Å². The lowest BCUT2D eigenvalue weighted by Crippen LogP contribution is -2.18. The number of fused-ring (bicyclic) bond motifs is 1. The maximum absolute atomic E-state index is 11.7. The van der Waals surface area contributed by atoms with Crippen molar-refractivity contribution < 1.29 is 14.7 Å². The summed E-state index contributed by atoms with van der Waals surface area (Å²) in [5.41, 5.74) is 1.86. The minimum absolute atomic E-state index is 0.0270. The molecule has 0 aliphatic heterocycles. The molecule has 0 unspecified atom stereocenters. The van der Waals surface area contributed by atoms with Crippen LogP contribution >= 0.6 is 0 Å². The van der Waals surface area contributed by atoms with Crippen LogP contribution in [-0.4, -0.2) is 33.6 Å². The highest BCUT2D eigenvalue weighted by Crippen LogP contribution is 2.13. The minimum Gasteiger partial charge on any atom is -0.481 e. The number of carboxylic acids is 1. The van der Waals surface area contributed by atoms with E-state index in [-0.39, 0.29) is 12.3 Å². The Labute approximate surface area is 103 Å². The second-order valence-electron chi connectivity index (χ2n) is 3.86. The fourth-order valence-electron chi connectivity index (χ4n) is 1.75. The number of amides is 1. The van der Waals surface area contributed by atoms with Crippen LogP contribution in [0.1, 0.15) is 22.5 Å². The van der Waals surface area contributed by atoms with Crippen LogP contribution in [0, 0.1) is 0 Å². The molecule has 94 valence electrons. The first-order chi connectivity index (χ1) is 8.61. The Bertz CT molecular complexity index is 604. The van der Waals surface area contributed by atoms with E-state index in [0.29, 0.717) is 23.2 Å². The highest BCUT2D eigenvalue weighted by atomic mass is 16.4. The third-order valence-electron chi connectivity index (χ3n) is 2.62. The molecule has 0 atom stereocenters. The van der Waals surface area contributed by atoms with Gasteiger partial charge in [0.1, 0.15) is 0 Å². The summed E-state index contributed by atoms with van der Waals surface area (Å²) in [5.74, 6) is -1.05. The lowest BCUT2D eigenvalue weighted by atomic mass is 10.2. The molecule has 0 radical (unpaired) electrons. The van der Waals surface area contributed by atoms with E-state index in [0.717, 1.165) is 0 Å². The zero-order valence-electron chi connectivity index (χ0n) is 9.88. The van der Waals surface area contributed by atoms with E-state index in [2.05, 4.69) is 10.4 Å². The van der Waals surface area contributed by atoms with Crippen molar-refractivity contribution in [2.75, 3.05) is 7.05 Å². The molecule has 2 N–H and O–H groups in total. The Morgan fingerprint density at radius 3 is 2.94 bits per heavy atom. The Kier molecular flexibility index (Phi) is 3.27. The summed E-state index contributed by atoms with van der Waals surface area (Å²) in [6.07, 6.45) is 2.11. The molecule has 1 amide bonds. The number of nitrogens with one attached hydrogen (secondary N) is 1. The van der Waals surface area contributed by atoms with Gasteiger partial charge in [-0.05, 0) is 18.2 Å². The molecule has 0 fully saturated rings. The molecule has 2 aromatic heterocycles. The standard InChI is InChI=1S/C12H13N3O3/c1-13-12(18)9-3-2-6-15-10(9)7-8(14-15)4-5-11(16)17/h2-3,6-7H,4-5H2,1H3,(H,13,18)(H,16,17). The van der Waals surface area contributed by atoms with E-state index in [9.17, 15) is 9.59 Å². The molecule has 0 saturated heterocycles. The van der Waals surface area contributed by atoms with Crippen LogP contribution in [-0.2, 0) is 11.2 Å². The average Bonchev–Trinajstić information content (AvgIpc) is 2.77. The predicted octanol–water partition coefficient (Wildman–Crippen LogP) is 0.711. The number of hydrogen-bond donors (Lipinski definition) is 2. The van der Waals surface area contributed by atoms with Crippen molar-refractivity contribution in [3.63, 3.8) is 0 Å². The predicted molar refractivity (Wildman–Crippen MR) is 64.5 cm³/mol. The van der Waals surface area contributed by atoms with Gasteiger partial charge in [0.25, 0.3) is 5.91 Å². The van der Waals surface area contributed by atoms with Gasteiger partial charge in [0, 0.05) is 19.7 Å². The molecule has 0 aromatic carbocycles. The molecule has 2 rings (SSSR count). The zero-order chi connectivity index (χ0) is 13.1. The molecular weight excluding hydrogens is 234 g/mol. The second-order valence-corrected chi connectivity index (χ2v) is 3.86. The Morgan fingerprint density at radius 1 is 1.50 bits per heavy atom. The molecule has 0 aliphatic carbocycles. The minimum atomic E-state index is -0.862. The number of aromatic nitrogens is 2. The average molecular weight is 247 g/mol.